The highest BCUT2D eigenvalue weighted by molar-refractivity contribution is 8.15. The van der Waals surface area contributed by atoms with Crippen LogP contribution >= 0.6 is 6.42 Å². The third-order valence-corrected chi connectivity index (χ3v) is 8.95. The summed E-state index contributed by atoms with van der Waals surface area (Å²) in [5.41, 5.74) is 4.48. The van der Waals surface area contributed by atoms with Gasteiger partial charge in [0.1, 0.15) is 0 Å². The molecule has 26 heavy (non-hydrogen) atoms. The van der Waals surface area contributed by atoms with E-state index in [1.54, 1.807) is 7.11 Å². The van der Waals surface area contributed by atoms with E-state index in [2.05, 4.69) is 55.2 Å². The van der Waals surface area contributed by atoms with Crippen molar-refractivity contribution >= 4 is 35.8 Å². The first-order valence-electron chi connectivity index (χ1n) is 8.55. The number of hydrogen-bond acceptors (Lipinski definition) is 4. The number of anilines is 2. The first-order chi connectivity index (χ1) is 12.4. The smallest absolute Gasteiger partial charge is 0.209 e. The zero-order chi connectivity index (χ0) is 18.5. The van der Waals surface area contributed by atoms with E-state index in [1.807, 2.05) is 41.3 Å². The van der Waals surface area contributed by atoms with E-state index in [0.29, 0.717) is 0 Å². The molecule has 2 aromatic rings. The fourth-order valence-electron chi connectivity index (χ4n) is 3.96. The van der Waals surface area contributed by atoms with Gasteiger partial charge in [-0.3, -0.25) is 0 Å². The Labute approximate surface area is 159 Å². The van der Waals surface area contributed by atoms with Crippen molar-refractivity contribution in [1.29, 1.82) is 0 Å². The number of benzene rings is 2. The second kappa shape index (κ2) is 6.05. The van der Waals surface area contributed by atoms with Crippen LogP contribution in [0.15, 0.2) is 70.7 Å². The lowest BCUT2D eigenvalue weighted by Crippen LogP contribution is -2.25. The van der Waals surface area contributed by atoms with Gasteiger partial charge in [-0.15, -0.1) is 0 Å². The maximum Gasteiger partial charge on any atom is 0.209 e. The monoisotopic (exact) mass is 383 g/mol. The van der Waals surface area contributed by atoms with Gasteiger partial charge in [-0.2, -0.15) is 5.10 Å². The van der Waals surface area contributed by atoms with Gasteiger partial charge in [0.2, 0.25) is 6.42 Å². The van der Waals surface area contributed by atoms with E-state index in [4.69, 9.17) is 16.3 Å². The summed E-state index contributed by atoms with van der Waals surface area (Å²) in [7, 11) is 3.80. The highest BCUT2D eigenvalue weighted by Crippen LogP contribution is 2.65. The Balaban J connectivity index is 1.91. The quantitative estimate of drug-likeness (QED) is 0.676. The minimum absolute atomic E-state index is 0.165. The Bertz CT molecular complexity index is 968. The van der Waals surface area contributed by atoms with Crippen LogP contribution in [0, 0.1) is 0 Å². The molecule has 2 aliphatic rings. The van der Waals surface area contributed by atoms with Crippen LogP contribution in [0.5, 0.6) is 0 Å². The number of hydrogen-bond donors (Lipinski definition) is 0. The lowest BCUT2D eigenvalue weighted by molar-refractivity contribution is 0.462. The number of rotatable bonds is 2. The lowest BCUT2D eigenvalue weighted by atomic mass is 9.84. The molecule has 0 spiro atoms. The topological polar surface area (TPSA) is 28.1 Å². The Morgan fingerprint density at radius 2 is 1.69 bits per heavy atom. The first-order valence-corrected chi connectivity index (χ1v) is 11.2. The molecule has 0 amide bonds. The fraction of sp³-hybridized carbons (Fsp3) is 0.250. The van der Waals surface area contributed by atoms with Crippen LogP contribution in [-0.2, 0) is 21.7 Å². The van der Waals surface area contributed by atoms with E-state index in [-0.39, 0.29) is 5.41 Å². The highest BCUT2D eigenvalue weighted by atomic mass is 32.4. The SMILES string of the molecule is CO[P@]1(=S)/C(=C2/N(C)c3ccccc3C2(C)C)C=NN1c1ccccc1. The summed E-state index contributed by atoms with van der Waals surface area (Å²) in [5.74, 6) is 0. The summed E-state index contributed by atoms with van der Waals surface area (Å²) < 4.78 is 7.86. The molecule has 4 rings (SSSR count). The van der Waals surface area contributed by atoms with Crippen molar-refractivity contribution < 1.29 is 4.52 Å². The van der Waals surface area contributed by atoms with Gasteiger partial charge in [0, 0.05) is 31.0 Å². The van der Waals surface area contributed by atoms with Crippen molar-refractivity contribution in [2.75, 3.05) is 23.8 Å². The van der Waals surface area contributed by atoms with Crippen LogP contribution in [-0.4, -0.2) is 20.4 Å². The van der Waals surface area contributed by atoms with Crippen molar-refractivity contribution in [2.45, 2.75) is 19.3 Å². The zero-order valence-electron chi connectivity index (χ0n) is 15.4. The number of nitrogens with zero attached hydrogens (tertiary/aromatic N) is 3. The van der Waals surface area contributed by atoms with E-state index < -0.39 is 6.42 Å². The molecule has 0 aliphatic carbocycles. The second-order valence-corrected chi connectivity index (χ2v) is 10.8. The number of fused-ring (bicyclic) bond motifs is 1. The standard InChI is InChI=1S/C20H22N3OPS/c1-20(2)16-12-8-9-13-17(16)22(3)19(20)18-14-21-23(25(18,26)24-4)15-10-6-5-7-11-15/h5-14H,1-4H3/b19-18+/t25-/m0/s1. The molecule has 0 fully saturated rings. The minimum atomic E-state index is -2.51. The van der Waals surface area contributed by atoms with E-state index in [1.165, 1.54) is 16.9 Å². The van der Waals surface area contributed by atoms with Gasteiger partial charge in [-0.05, 0) is 35.6 Å². The molecule has 2 aromatic carbocycles. The van der Waals surface area contributed by atoms with E-state index in [9.17, 15) is 0 Å². The molecule has 0 N–H and O–H groups in total. The molecule has 0 radical (unpaired) electrons. The predicted molar refractivity (Wildman–Crippen MR) is 114 cm³/mol. The molecule has 0 unspecified atom stereocenters. The van der Waals surface area contributed by atoms with Crippen LogP contribution in [0.4, 0.5) is 11.4 Å². The van der Waals surface area contributed by atoms with Crippen molar-refractivity contribution in [3.05, 3.63) is 71.2 Å². The average Bonchev–Trinajstić information content (AvgIpc) is 3.09. The van der Waals surface area contributed by atoms with Crippen LogP contribution < -0.4 is 9.68 Å². The van der Waals surface area contributed by atoms with Crippen LogP contribution in [0.25, 0.3) is 0 Å². The molecule has 4 nitrogen and oxygen atoms in total. The van der Waals surface area contributed by atoms with Crippen LogP contribution in [0.2, 0.25) is 0 Å². The average molecular weight is 383 g/mol. The molecule has 134 valence electrons. The second-order valence-electron chi connectivity index (χ2n) is 7.01. The Morgan fingerprint density at radius 3 is 2.35 bits per heavy atom. The maximum atomic E-state index is 6.10. The van der Waals surface area contributed by atoms with Gasteiger partial charge < -0.3 is 9.42 Å². The Kier molecular flexibility index (Phi) is 4.07. The van der Waals surface area contributed by atoms with Gasteiger partial charge in [0.05, 0.1) is 17.2 Å². The van der Waals surface area contributed by atoms with Gasteiger partial charge in [0.25, 0.3) is 0 Å². The molecule has 0 bridgehead atoms. The summed E-state index contributed by atoms with van der Waals surface area (Å²) in [4.78, 5) is 2.24. The van der Waals surface area contributed by atoms with Gasteiger partial charge in [-0.25, -0.2) is 4.78 Å². The molecule has 2 heterocycles. The minimum Gasteiger partial charge on any atom is -0.346 e. The first kappa shape index (κ1) is 17.5. The van der Waals surface area contributed by atoms with Crippen LogP contribution in [0.1, 0.15) is 19.4 Å². The third-order valence-electron chi connectivity index (χ3n) is 5.19. The molecule has 6 heteroatoms. The summed E-state index contributed by atoms with van der Waals surface area (Å²) in [5, 5.41) is 5.68. The summed E-state index contributed by atoms with van der Waals surface area (Å²) in [6.45, 7) is 4.48. The summed E-state index contributed by atoms with van der Waals surface area (Å²) in [6, 6.07) is 18.5. The molecular weight excluding hydrogens is 361 g/mol. The molecule has 0 aromatic heterocycles. The molecule has 2 aliphatic heterocycles. The largest absolute Gasteiger partial charge is 0.346 e. The lowest BCUT2D eigenvalue weighted by Gasteiger charge is -2.32. The van der Waals surface area contributed by atoms with Gasteiger partial charge in [-0.1, -0.05) is 50.2 Å². The molecule has 0 saturated heterocycles. The number of hydrazone groups is 1. The maximum absolute atomic E-state index is 6.10. The van der Waals surface area contributed by atoms with Crippen molar-refractivity contribution in [1.82, 2.24) is 0 Å². The van der Waals surface area contributed by atoms with Crippen molar-refractivity contribution in [3.63, 3.8) is 0 Å². The molecule has 0 saturated carbocycles. The Hall–Kier alpha value is -1.94. The van der Waals surface area contributed by atoms with Crippen molar-refractivity contribution in [2.24, 2.45) is 5.10 Å². The number of para-hydroxylation sites is 2. The van der Waals surface area contributed by atoms with E-state index >= 15 is 0 Å². The molecular formula is C20H22N3OPS. The summed E-state index contributed by atoms with van der Waals surface area (Å²) >= 11 is 6.10. The van der Waals surface area contributed by atoms with Gasteiger partial charge in [0.15, 0.2) is 0 Å². The summed E-state index contributed by atoms with van der Waals surface area (Å²) in [6.07, 6.45) is -0.606. The fourth-order valence-corrected chi connectivity index (χ4v) is 6.84. The zero-order valence-corrected chi connectivity index (χ0v) is 17.1. The molecule has 1 atom stereocenters. The number of allylic oxidation sites excluding steroid dienone is 2. The van der Waals surface area contributed by atoms with Gasteiger partial charge >= 0.3 is 0 Å². The van der Waals surface area contributed by atoms with E-state index in [0.717, 1.165) is 11.0 Å². The highest BCUT2D eigenvalue weighted by Gasteiger charge is 2.46. The third kappa shape index (κ3) is 2.31. The normalized spacial score (nSPS) is 26.5. The Morgan fingerprint density at radius 1 is 1.04 bits per heavy atom. The van der Waals surface area contributed by atoms with Crippen LogP contribution in [0.3, 0.4) is 0 Å². The van der Waals surface area contributed by atoms with Crippen molar-refractivity contribution in [3.8, 4) is 0 Å². The number of likely N-dealkylation sites (N-methyl/N-ethyl adjacent to an activating group) is 1. The predicted octanol–water partition coefficient (Wildman–Crippen LogP) is 5.09.